The minimum absolute atomic E-state index is 0.222. The predicted molar refractivity (Wildman–Crippen MR) is 54.1 cm³/mol. The van der Waals surface area contributed by atoms with Crippen molar-refractivity contribution in [3.63, 3.8) is 0 Å². The average Bonchev–Trinajstić information content (AvgIpc) is 2.20. The van der Waals surface area contributed by atoms with Gasteiger partial charge in [-0.15, -0.1) is 0 Å². The molecule has 2 heterocycles. The molecule has 0 aliphatic carbocycles. The van der Waals surface area contributed by atoms with Crippen molar-refractivity contribution in [2.45, 2.75) is 13.0 Å². The number of ether oxygens (including phenoxy) is 1. The number of hydrogen-bond acceptors (Lipinski definition) is 4. The summed E-state index contributed by atoms with van der Waals surface area (Å²) in [5.41, 5.74) is 0.633. The van der Waals surface area contributed by atoms with Gasteiger partial charge in [0.25, 0.3) is 5.91 Å². The highest BCUT2D eigenvalue weighted by Gasteiger charge is 2.31. The molecule has 6 heteroatoms. The van der Waals surface area contributed by atoms with Crippen LogP contribution in [0.1, 0.15) is 6.92 Å². The zero-order chi connectivity index (χ0) is 11.9. The van der Waals surface area contributed by atoms with E-state index in [4.69, 9.17) is 9.84 Å². The van der Waals surface area contributed by atoms with Gasteiger partial charge >= 0.3 is 5.97 Å². The third-order valence-corrected chi connectivity index (χ3v) is 2.49. The van der Waals surface area contributed by atoms with Gasteiger partial charge in [0.05, 0.1) is 12.1 Å². The van der Waals surface area contributed by atoms with Crippen molar-refractivity contribution in [1.82, 2.24) is 10.2 Å². The number of rotatable bonds is 1. The zero-order valence-corrected chi connectivity index (χ0v) is 8.98. The molecule has 0 radical (unpaired) electrons. The van der Waals surface area contributed by atoms with Crippen LogP contribution in [0.5, 0.6) is 0 Å². The monoisotopic (exact) mass is 224 g/mol. The molecule has 0 aromatic carbocycles. The molecule has 1 atom stereocenters. The molecule has 0 saturated heterocycles. The molecular weight excluding hydrogens is 212 g/mol. The van der Waals surface area contributed by atoms with E-state index in [0.717, 1.165) is 0 Å². The Morgan fingerprint density at radius 2 is 2.38 bits per heavy atom. The van der Waals surface area contributed by atoms with E-state index in [1.54, 1.807) is 18.9 Å². The fourth-order valence-electron chi connectivity index (χ4n) is 1.64. The normalized spacial score (nSPS) is 24.4. The number of likely N-dealkylation sites (N-methyl/N-ethyl adjacent to an activating group) is 1. The molecule has 0 aromatic heterocycles. The third-order valence-electron chi connectivity index (χ3n) is 2.49. The van der Waals surface area contributed by atoms with E-state index >= 15 is 0 Å². The molecule has 0 saturated carbocycles. The molecule has 0 aromatic rings. The van der Waals surface area contributed by atoms with Crippen LogP contribution in [-0.4, -0.2) is 41.6 Å². The van der Waals surface area contributed by atoms with Gasteiger partial charge in [0.1, 0.15) is 5.70 Å². The topological polar surface area (TPSA) is 78.9 Å². The van der Waals surface area contributed by atoms with Gasteiger partial charge in [-0.25, -0.2) is 4.79 Å². The second-order valence-corrected chi connectivity index (χ2v) is 3.80. The highest BCUT2D eigenvalue weighted by atomic mass is 16.5. The van der Waals surface area contributed by atoms with E-state index in [1.165, 1.54) is 6.08 Å². The number of carboxylic acid groups (broad SMARTS) is 1. The number of nitrogens with one attached hydrogen (secondary N) is 1. The molecule has 0 fully saturated rings. The highest BCUT2D eigenvalue weighted by Crippen LogP contribution is 2.23. The summed E-state index contributed by atoms with van der Waals surface area (Å²) >= 11 is 0. The van der Waals surface area contributed by atoms with E-state index in [2.05, 4.69) is 5.32 Å². The summed E-state index contributed by atoms with van der Waals surface area (Å²) in [5.74, 6) is -0.751. The Bertz CT molecular complexity index is 425. The lowest BCUT2D eigenvalue weighted by atomic mass is 10.1. The van der Waals surface area contributed by atoms with Gasteiger partial charge in [0.15, 0.2) is 6.10 Å². The Morgan fingerprint density at radius 3 is 3.00 bits per heavy atom. The predicted octanol–water partition coefficient (Wildman–Crippen LogP) is -0.353. The SMILES string of the molecule is CC1OC2=C(C=C(C(=O)O)CN2C)NC1=O. The molecule has 2 rings (SSSR count). The third kappa shape index (κ3) is 1.62. The largest absolute Gasteiger partial charge is 0.478 e. The van der Waals surface area contributed by atoms with E-state index in [0.29, 0.717) is 11.6 Å². The quantitative estimate of drug-likeness (QED) is 0.636. The Labute approximate surface area is 92.2 Å². The van der Waals surface area contributed by atoms with Crippen molar-refractivity contribution in [3.8, 4) is 0 Å². The van der Waals surface area contributed by atoms with Gasteiger partial charge < -0.3 is 20.1 Å². The van der Waals surface area contributed by atoms with Crippen LogP contribution in [0, 0.1) is 0 Å². The summed E-state index contributed by atoms with van der Waals surface area (Å²) in [4.78, 5) is 23.9. The lowest BCUT2D eigenvalue weighted by Crippen LogP contribution is -2.44. The minimum atomic E-state index is -0.994. The molecule has 0 spiro atoms. The first-order valence-electron chi connectivity index (χ1n) is 4.86. The first-order valence-corrected chi connectivity index (χ1v) is 4.86. The summed E-state index contributed by atoms with van der Waals surface area (Å²) in [7, 11) is 1.72. The number of aliphatic carboxylic acids is 1. The highest BCUT2D eigenvalue weighted by molar-refractivity contribution is 5.89. The number of carbonyl (C=O) groups excluding carboxylic acids is 1. The Balaban J connectivity index is 2.37. The van der Waals surface area contributed by atoms with Crippen molar-refractivity contribution >= 4 is 11.9 Å². The lowest BCUT2D eigenvalue weighted by Gasteiger charge is -2.33. The van der Waals surface area contributed by atoms with Crippen LogP contribution in [-0.2, 0) is 14.3 Å². The van der Waals surface area contributed by atoms with Crippen LogP contribution >= 0.6 is 0 Å². The number of carbonyl (C=O) groups is 2. The number of hydrogen-bond donors (Lipinski definition) is 2. The van der Waals surface area contributed by atoms with Crippen LogP contribution in [0.4, 0.5) is 0 Å². The molecule has 1 amide bonds. The smallest absolute Gasteiger partial charge is 0.333 e. The minimum Gasteiger partial charge on any atom is -0.478 e. The van der Waals surface area contributed by atoms with Gasteiger partial charge in [-0.3, -0.25) is 4.79 Å². The van der Waals surface area contributed by atoms with Crippen LogP contribution in [0.2, 0.25) is 0 Å². The summed E-state index contributed by atoms with van der Waals surface area (Å²) in [6.07, 6.45) is 0.877. The summed E-state index contributed by atoms with van der Waals surface area (Å²) in [5, 5.41) is 11.5. The van der Waals surface area contributed by atoms with Crippen LogP contribution in [0.3, 0.4) is 0 Å². The number of nitrogens with zero attached hydrogens (tertiary/aromatic N) is 1. The molecule has 2 aliphatic heterocycles. The lowest BCUT2D eigenvalue weighted by molar-refractivity contribution is -0.135. The fourth-order valence-corrected chi connectivity index (χ4v) is 1.64. The van der Waals surface area contributed by atoms with Crippen LogP contribution in [0.25, 0.3) is 0 Å². The number of allylic oxidation sites excluding steroid dienone is 1. The van der Waals surface area contributed by atoms with Crippen molar-refractivity contribution < 1.29 is 19.4 Å². The van der Waals surface area contributed by atoms with E-state index in [-0.39, 0.29) is 18.0 Å². The summed E-state index contributed by atoms with van der Waals surface area (Å²) in [6.45, 7) is 1.90. The average molecular weight is 224 g/mol. The van der Waals surface area contributed by atoms with Gasteiger partial charge in [0, 0.05) is 7.05 Å². The molecule has 1 unspecified atom stereocenters. The van der Waals surface area contributed by atoms with Crippen LogP contribution < -0.4 is 5.32 Å². The van der Waals surface area contributed by atoms with E-state index < -0.39 is 12.1 Å². The van der Waals surface area contributed by atoms with Gasteiger partial charge in [-0.2, -0.15) is 0 Å². The Hall–Kier alpha value is -1.98. The maximum absolute atomic E-state index is 11.4. The fraction of sp³-hybridized carbons (Fsp3) is 0.400. The van der Waals surface area contributed by atoms with E-state index in [1.807, 2.05) is 0 Å². The van der Waals surface area contributed by atoms with Gasteiger partial charge in [-0.1, -0.05) is 0 Å². The first kappa shape index (κ1) is 10.5. The van der Waals surface area contributed by atoms with Crippen molar-refractivity contribution in [2.24, 2.45) is 0 Å². The summed E-state index contributed by atoms with van der Waals surface area (Å²) in [6, 6.07) is 0. The molecular formula is C10H12N2O4. The maximum atomic E-state index is 11.4. The van der Waals surface area contributed by atoms with Gasteiger partial charge in [0.2, 0.25) is 5.88 Å². The molecule has 6 nitrogen and oxygen atoms in total. The number of amides is 1. The summed E-state index contributed by atoms with van der Waals surface area (Å²) < 4.78 is 5.40. The van der Waals surface area contributed by atoms with Crippen molar-refractivity contribution in [2.75, 3.05) is 13.6 Å². The molecule has 86 valence electrons. The first-order chi connectivity index (χ1) is 7.49. The molecule has 0 bridgehead atoms. The molecule has 16 heavy (non-hydrogen) atoms. The Kier molecular flexibility index (Phi) is 2.34. The van der Waals surface area contributed by atoms with E-state index in [9.17, 15) is 9.59 Å². The van der Waals surface area contributed by atoms with Crippen LogP contribution in [0.15, 0.2) is 23.2 Å². The standard InChI is InChI=1S/C10H12N2O4/c1-5-8(13)11-7-3-6(10(14)15)4-12(2)9(7)16-5/h3,5H,4H2,1-2H3,(H,11,13)(H,14,15). The zero-order valence-electron chi connectivity index (χ0n) is 8.98. The van der Waals surface area contributed by atoms with Crippen molar-refractivity contribution in [3.05, 3.63) is 23.2 Å². The second kappa shape index (κ2) is 3.55. The second-order valence-electron chi connectivity index (χ2n) is 3.80. The Morgan fingerprint density at radius 1 is 1.69 bits per heavy atom. The number of carboxylic acids is 1. The molecule has 2 N–H and O–H groups in total. The van der Waals surface area contributed by atoms with Gasteiger partial charge in [-0.05, 0) is 13.0 Å². The van der Waals surface area contributed by atoms with Crippen molar-refractivity contribution in [1.29, 1.82) is 0 Å². The molecule has 2 aliphatic rings. The maximum Gasteiger partial charge on any atom is 0.333 e.